The number of aryl methyl sites for hydroxylation is 1. The van der Waals surface area contributed by atoms with Crippen LogP contribution < -0.4 is 5.32 Å². The molecule has 3 rings (SSSR count). The van der Waals surface area contributed by atoms with Crippen LogP contribution in [-0.2, 0) is 12.4 Å². The highest BCUT2D eigenvalue weighted by molar-refractivity contribution is 5.58. The molecule has 0 unspecified atom stereocenters. The minimum absolute atomic E-state index is 0.0482. The number of hydrogen-bond donors (Lipinski definition) is 1. The van der Waals surface area contributed by atoms with Crippen molar-refractivity contribution in [2.45, 2.75) is 19.3 Å². The molecule has 1 N–H and O–H groups in total. The van der Waals surface area contributed by atoms with Crippen LogP contribution in [0, 0.1) is 6.92 Å². The van der Waals surface area contributed by atoms with E-state index >= 15 is 0 Å². The van der Waals surface area contributed by atoms with E-state index in [2.05, 4.69) is 25.4 Å². The van der Waals surface area contributed by atoms with Crippen LogP contribution in [0.1, 0.15) is 17.2 Å². The molecular weight excluding hydrogens is 354 g/mol. The van der Waals surface area contributed by atoms with Gasteiger partial charge in [0, 0.05) is 11.8 Å². The first-order chi connectivity index (χ1) is 11.5. The zero-order valence-corrected chi connectivity index (χ0v) is 12.3. The third kappa shape index (κ3) is 3.46. The number of alkyl halides is 6. The fraction of sp³-hybridized carbons (Fsp3) is 0.231. The molecule has 0 amide bonds. The van der Waals surface area contributed by atoms with Crippen LogP contribution in [0.5, 0.6) is 0 Å². The van der Waals surface area contributed by atoms with E-state index in [1.807, 2.05) is 0 Å². The maximum Gasteiger partial charge on any atom is 0.453 e. The summed E-state index contributed by atoms with van der Waals surface area (Å²) in [4.78, 5) is 10.4. The van der Waals surface area contributed by atoms with E-state index in [-0.39, 0.29) is 17.3 Å². The van der Waals surface area contributed by atoms with Gasteiger partial charge in [-0.1, -0.05) is 0 Å². The summed E-state index contributed by atoms with van der Waals surface area (Å²) < 4.78 is 76.5. The van der Waals surface area contributed by atoms with E-state index in [0.717, 1.165) is 22.8 Å². The molecule has 0 bridgehead atoms. The molecule has 0 aliphatic rings. The third-order valence-electron chi connectivity index (χ3n) is 3.02. The van der Waals surface area contributed by atoms with Gasteiger partial charge in [0.15, 0.2) is 0 Å². The van der Waals surface area contributed by atoms with Gasteiger partial charge in [-0.2, -0.15) is 35.8 Å². The van der Waals surface area contributed by atoms with Crippen molar-refractivity contribution in [2.75, 3.05) is 5.32 Å². The first-order valence-electron chi connectivity index (χ1n) is 6.66. The van der Waals surface area contributed by atoms with Crippen molar-refractivity contribution in [2.24, 2.45) is 0 Å². The topological polar surface area (TPSA) is 68.0 Å². The summed E-state index contributed by atoms with van der Waals surface area (Å²) in [6, 6.07) is 3.22. The van der Waals surface area contributed by atoms with E-state index in [9.17, 15) is 26.3 Å². The van der Waals surface area contributed by atoms with Crippen LogP contribution in [-0.4, -0.2) is 24.6 Å². The number of fused-ring (bicyclic) bond motifs is 1. The summed E-state index contributed by atoms with van der Waals surface area (Å²) in [5, 5.41) is 5.99. The van der Waals surface area contributed by atoms with Crippen LogP contribution in [0.3, 0.4) is 0 Å². The van der Waals surface area contributed by atoms with Crippen molar-refractivity contribution in [3.63, 3.8) is 0 Å². The molecule has 6 nitrogen and oxygen atoms in total. The molecule has 0 aliphatic carbocycles. The van der Waals surface area contributed by atoms with Gasteiger partial charge in [-0.3, -0.25) is 0 Å². The van der Waals surface area contributed by atoms with Crippen molar-refractivity contribution in [3.8, 4) is 0 Å². The molecule has 0 fully saturated rings. The molecule has 3 aromatic rings. The molecule has 12 heteroatoms. The number of anilines is 2. The number of aromatic nitrogens is 5. The summed E-state index contributed by atoms with van der Waals surface area (Å²) in [7, 11) is 0. The lowest BCUT2D eigenvalue weighted by molar-refractivity contribution is -0.144. The highest BCUT2D eigenvalue weighted by Crippen LogP contribution is 2.29. The zero-order valence-electron chi connectivity index (χ0n) is 12.3. The number of rotatable bonds is 2. The van der Waals surface area contributed by atoms with Gasteiger partial charge in [-0.25, -0.2) is 9.97 Å². The summed E-state index contributed by atoms with van der Waals surface area (Å²) in [6.45, 7) is 1.53. The Morgan fingerprint density at radius 3 is 2.28 bits per heavy atom. The first kappa shape index (κ1) is 16.9. The standard InChI is InChI=1S/C13H8F6N6/c1-6-4-9(22-7-2-3-8(20-5-7)12(14,15)16)25-11(21-6)23-10(24-25)13(17,18)19/h2-5,22H,1H3. The maximum atomic E-state index is 12.7. The van der Waals surface area contributed by atoms with Crippen molar-refractivity contribution in [3.05, 3.63) is 41.6 Å². The number of halogens is 6. The zero-order chi connectivity index (χ0) is 18.4. The number of pyridine rings is 1. The second-order valence-electron chi connectivity index (χ2n) is 4.98. The van der Waals surface area contributed by atoms with Crippen LogP contribution in [0.4, 0.5) is 37.8 Å². The summed E-state index contributed by atoms with van der Waals surface area (Å²) in [5.74, 6) is -1.62. The summed E-state index contributed by atoms with van der Waals surface area (Å²) >= 11 is 0. The number of nitrogens with one attached hydrogen (secondary N) is 1. The Morgan fingerprint density at radius 2 is 1.72 bits per heavy atom. The fourth-order valence-electron chi connectivity index (χ4n) is 1.98. The molecule has 0 spiro atoms. The third-order valence-corrected chi connectivity index (χ3v) is 3.02. The Morgan fingerprint density at radius 1 is 1.00 bits per heavy atom. The molecule has 0 atom stereocenters. The maximum absolute atomic E-state index is 12.7. The van der Waals surface area contributed by atoms with Gasteiger partial charge in [0.2, 0.25) is 0 Å². The Balaban J connectivity index is 1.99. The van der Waals surface area contributed by atoms with E-state index in [4.69, 9.17) is 0 Å². The van der Waals surface area contributed by atoms with Crippen LogP contribution in [0.25, 0.3) is 5.78 Å². The Bertz CT molecular complexity index is 912. The lowest BCUT2D eigenvalue weighted by Crippen LogP contribution is -2.09. The van der Waals surface area contributed by atoms with Crippen LogP contribution in [0.2, 0.25) is 0 Å². The van der Waals surface area contributed by atoms with Crippen molar-refractivity contribution < 1.29 is 26.3 Å². The van der Waals surface area contributed by atoms with Gasteiger partial charge < -0.3 is 5.32 Å². The first-order valence-corrected chi connectivity index (χ1v) is 6.66. The molecule has 3 aromatic heterocycles. The molecule has 0 saturated carbocycles. The minimum Gasteiger partial charge on any atom is -0.339 e. The normalized spacial score (nSPS) is 12.6. The lowest BCUT2D eigenvalue weighted by Gasteiger charge is -2.10. The molecule has 0 radical (unpaired) electrons. The largest absolute Gasteiger partial charge is 0.453 e. The number of hydrogen-bond acceptors (Lipinski definition) is 5. The average molecular weight is 362 g/mol. The van der Waals surface area contributed by atoms with Crippen molar-refractivity contribution in [1.82, 2.24) is 24.6 Å². The quantitative estimate of drug-likeness (QED) is 0.706. The van der Waals surface area contributed by atoms with Gasteiger partial charge in [-0.15, -0.1) is 5.10 Å². The van der Waals surface area contributed by atoms with E-state index in [1.165, 1.54) is 13.0 Å². The van der Waals surface area contributed by atoms with Gasteiger partial charge in [0.05, 0.1) is 11.9 Å². The predicted molar refractivity (Wildman–Crippen MR) is 73.0 cm³/mol. The van der Waals surface area contributed by atoms with Crippen LogP contribution in [0.15, 0.2) is 24.4 Å². The van der Waals surface area contributed by atoms with Gasteiger partial charge in [0.1, 0.15) is 11.5 Å². The molecule has 25 heavy (non-hydrogen) atoms. The van der Waals surface area contributed by atoms with Gasteiger partial charge in [-0.05, 0) is 19.1 Å². The second-order valence-corrected chi connectivity index (χ2v) is 4.98. The molecule has 0 aromatic carbocycles. The van der Waals surface area contributed by atoms with E-state index < -0.39 is 23.9 Å². The molecular formula is C13H8F6N6. The molecule has 3 heterocycles. The molecule has 0 aliphatic heterocycles. The average Bonchev–Trinajstić information content (AvgIpc) is 2.91. The second kappa shape index (κ2) is 5.57. The molecule has 132 valence electrons. The summed E-state index contributed by atoms with van der Waals surface area (Å²) in [6.07, 6.45) is -8.44. The Hall–Kier alpha value is -2.92. The van der Waals surface area contributed by atoms with Crippen molar-refractivity contribution >= 4 is 17.3 Å². The van der Waals surface area contributed by atoms with Gasteiger partial charge >= 0.3 is 12.4 Å². The van der Waals surface area contributed by atoms with Crippen LogP contribution >= 0.6 is 0 Å². The highest BCUT2D eigenvalue weighted by Gasteiger charge is 2.37. The highest BCUT2D eigenvalue weighted by atomic mass is 19.4. The monoisotopic (exact) mass is 362 g/mol. The SMILES string of the molecule is Cc1cc(Nc2ccc(C(F)(F)F)nc2)n2nc(C(F)(F)F)nc2n1. The number of nitrogens with zero attached hydrogens (tertiary/aromatic N) is 5. The van der Waals surface area contributed by atoms with Crippen molar-refractivity contribution in [1.29, 1.82) is 0 Å². The van der Waals surface area contributed by atoms with E-state index in [1.54, 1.807) is 0 Å². The predicted octanol–water partition coefficient (Wildman–Crippen LogP) is 3.61. The summed E-state index contributed by atoms with van der Waals surface area (Å²) in [5.41, 5.74) is -0.617. The Labute approximate surface area is 135 Å². The van der Waals surface area contributed by atoms with E-state index in [0.29, 0.717) is 5.69 Å². The fourth-order valence-corrected chi connectivity index (χ4v) is 1.98. The smallest absolute Gasteiger partial charge is 0.339 e. The minimum atomic E-state index is -4.76. The molecule has 0 saturated heterocycles. The van der Waals surface area contributed by atoms with Gasteiger partial charge in [0.25, 0.3) is 11.6 Å². The lowest BCUT2D eigenvalue weighted by atomic mass is 10.3. The Kier molecular flexibility index (Phi) is 3.77.